The number of aryl methyl sites for hydroxylation is 2. The topological polar surface area (TPSA) is 38.3 Å². The van der Waals surface area contributed by atoms with Crippen molar-refractivity contribution in [1.29, 1.82) is 0 Å². The van der Waals surface area contributed by atoms with E-state index in [4.69, 9.17) is 4.74 Å². The molecule has 2 aromatic carbocycles. The van der Waals surface area contributed by atoms with Crippen LogP contribution in [0.4, 0.5) is 4.39 Å². The lowest BCUT2D eigenvalue weighted by Crippen LogP contribution is -2.40. The van der Waals surface area contributed by atoms with Crippen molar-refractivity contribution < 1.29 is 13.9 Å². The van der Waals surface area contributed by atoms with Crippen molar-refractivity contribution in [3.63, 3.8) is 0 Å². The first-order valence-electron chi connectivity index (χ1n) is 8.74. The second-order valence-corrected chi connectivity index (χ2v) is 6.30. The Labute approximate surface area is 149 Å². The summed E-state index contributed by atoms with van der Waals surface area (Å²) in [4.78, 5) is 12.7. The van der Waals surface area contributed by atoms with Gasteiger partial charge in [-0.2, -0.15) is 0 Å². The van der Waals surface area contributed by atoms with Gasteiger partial charge in [0.05, 0.1) is 6.04 Å². The summed E-state index contributed by atoms with van der Waals surface area (Å²) < 4.78 is 18.7. The Morgan fingerprint density at radius 3 is 2.32 bits per heavy atom. The van der Waals surface area contributed by atoms with Crippen LogP contribution in [0.3, 0.4) is 0 Å². The summed E-state index contributed by atoms with van der Waals surface area (Å²) in [6.45, 7) is 8.06. The van der Waals surface area contributed by atoms with Crippen molar-refractivity contribution in [2.45, 2.75) is 52.7 Å². The third-order valence-electron chi connectivity index (χ3n) is 4.28. The number of carbonyl (C=O) groups excluding carboxylic acids is 1. The van der Waals surface area contributed by atoms with Crippen molar-refractivity contribution in [1.82, 2.24) is 5.32 Å². The van der Waals surface area contributed by atoms with E-state index in [1.165, 1.54) is 35.4 Å². The van der Waals surface area contributed by atoms with Gasteiger partial charge < -0.3 is 10.1 Å². The van der Waals surface area contributed by atoms with Crippen molar-refractivity contribution in [3.8, 4) is 5.75 Å². The van der Waals surface area contributed by atoms with Crippen LogP contribution < -0.4 is 10.1 Å². The zero-order valence-corrected chi connectivity index (χ0v) is 15.3. The van der Waals surface area contributed by atoms with Crippen LogP contribution in [0.15, 0.2) is 42.5 Å². The molecule has 0 heterocycles. The van der Waals surface area contributed by atoms with Crippen molar-refractivity contribution in [3.05, 3.63) is 65.0 Å². The van der Waals surface area contributed by atoms with Crippen molar-refractivity contribution in [2.24, 2.45) is 0 Å². The van der Waals surface area contributed by atoms with Gasteiger partial charge in [0.15, 0.2) is 6.10 Å². The molecule has 134 valence electrons. The lowest BCUT2D eigenvalue weighted by Gasteiger charge is -2.23. The van der Waals surface area contributed by atoms with Gasteiger partial charge in [0, 0.05) is 0 Å². The minimum absolute atomic E-state index is 0.0565. The first kappa shape index (κ1) is 19.0. The highest BCUT2D eigenvalue weighted by Gasteiger charge is 2.22. The Hall–Kier alpha value is -2.36. The fraction of sp³-hybridized carbons (Fsp3) is 0.381. The normalized spacial score (nSPS) is 13.2. The number of rotatable bonds is 7. The first-order chi connectivity index (χ1) is 11.9. The third kappa shape index (κ3) is 5.05. The maximum atomic E-state index is 13.0. The number of hydrogen-bond donors (Lipinski definition) is 1. The van der Waals surface area contributed by atoms with Crippen LogP contribution in [-0.4, -0.2) is 12.0 Å². The standard InChI is InChI=1S/C21H26FNO2/c1-5-19(18-12-7-14(3)13-15(18)4)23-21(24)20(6-2)25-17-10-8-16(22)9-11-17/h7-13,19-20H,5-6H2,1-4H3,(H,23,24)/t19-,20-/m1/s1. The highest BCUT2D eigenvalue weighted by Crippen LogP contribution is 2.22. The highest BCUT2D eigenvalue weighted by molar-refractivity contribution is 5.81. The lowest BCUT2D eigenvalue weighted by molar-refractivity contribution is -0.128. The van der Waals surface area contributed by atoms with E-state index in [2.05, 4.69) is 37.4 Å². The number of amides is 1. The molecule has 0 saturated carbocycles. The Morgan fingerprint density at radius 2 is 1.76 bits per heavy atom. The van der Waals surface area contributed by atoms with Crippen LogP contribution in [0, 0.1) is 19.7 Å². The number of carbonyl (C=O) groups is 1. The Balaban J connectivity index is 2.09. The van der Waals surface area contributed by atoms with Gasteiger partial charge in [-0.05, 0) is 62.1 Å². The van der Waals surface area contributed by atoms with Gasteiger partial charge in [-0.25, -0.2) is 4.39 Å². The zero-order chi connectivity index (χ0) is 18.4. The average molecular weight is 343 g/mol. The number of ether oxygens (including phenoxy) is 1. The van der Waals surface area contributed by atoms with E-state index < -0.39 is 6.10 Å². The maximum Gasteiger partial charge on any atom is 0.261 e. The van der Waals surface area contributed by atoms with Gasteiger partial charge in [0.1, 0.15) is 11.6 Å². The molecule has 2 aromatic rings. The zero-order valence-electron chi connectivity index (χ0n) is 15.3. The van der Waals surface area contributed by atoms with Gasteiger partial charge in [-0.1, -0.05) is 37.6 Å². The summed E-state index contributed by atoms with van der Waals surface area (Å²) in [6.07, 6.45) is 0.722. The summed E-state index contributed by atoms with van der Waals surface area (Å²) in [5, 5.41) is 3.09. The molecule has 1 N–H and O–H groups in total. The molecule has 3 nitrogen and oxygen atoms in total. The molecule has 0 bridgehead atoms. The minimum atomic E-state index is -0.606. The van der Waals surface area contributed by atoms with Crippen LogP contribution >= 0.6 is 0 Å². The molecule has 2 rings (SSSR count). The molecule has 0 unspecified atom stereocenters. The Bertz CT molecular complexity index is 712. The largest absolute Gasteiger partial charge is 0.481 e. The molecule has 0 aliphatic carbocycles. The molecule has 0 radical (unpaired) electrons. The van der Waals surface area contributed by atoms with E-state index in [1.54, 1.807) is 0 Å². The van der Waals surface area contributed by atoms with Crippen LogP contribution in [0.1, 0.15) is 49.4 Å². The predicted molar refractivity (Wildman–Crippen MR) is 98.2 cm³/mol. The smallest absolute Gasteiger partial charge is 0.261 e. The average Bonchev–Trinajstić information content (AvgIpc) is 2.59. The van der Waals surface area contributed by atoms with Crippen LogP contribution in [0.25, 0.3) is 0 Å². The highest BCUT2D eigenvalue weighted by atomic mass is 19.1. The second-order valence-electron chi connectivity index (χ2n) is 6.30. The molecule has 4 heteroatoms. The second kappa shape index (κ2) is 8.65. The van der Waals surface area contributed by atoms with E-state index in [0.717, 1.165) is 12.0 Å². The monoisotopic (exact) mass is 343 g/mol. The van der Waals surface area contributed by atoms with E-state index in [0.29, 0.717) is 12.2 Å². The van der Waals surface area contributed by atoms with Gasteiger partial charge in [0.25, 0.3) is 5.91 Å². The molecular weight excluding hydrogens is 317 g/mol. The number of hydrogen-bond acceptors (Lipinski definition) is 2. The molecule has 25 heavy (non-hydrogen) atoms. The van der Waals surface area contributed by atoms with Crippen LogP contribution in [0.5, 0.6) is 5.75 Å². The molecule has 0 spiro atoms. The molecule has 0 saturated heterocycles. The third-order valence-corrected chi connectivity index (χ3v) is 4.28. The van der Waals surface area contributed by atoms with Gasteiger partial charge in [-0.15, -0.1) is 0 Å². The fourth-order valence-electron chi connectivity index (χ4n) is 2.88. The van der Waals surface area contributed by atoms with Gasteiger partial charge in [0.2, 0.25) is 0 Å². The molecule has 0 aromatic heterocycles. The van der Waals surface area contributed by atoms with Gasteiger partial charge >= 0.3 is 0 Å². The molecule has 0 aliphatic rings. The minimum Gasteiger partial charge on any atom is -0.481 e. The summed E-state index contributed by atoms with van der Waals surface area (Å²) in [7, 11) is 0. The van der Waals surface area contributed by atoms with Crippen molar-refractivity contribution in [2.75, 3.05) is 0 Å². The predicted octanol–water partition coefficient (Wildman–Crippen LogP) is 4.87. The quantitative estimate of drug-likeness (QED) is 0.779. The summed E-state index contributed by atoms with van der Waals surface area (Å²) in [5.41, 5.74) is 3.49. The van der Waals surface area contributed by atoms with Crippen LogP contribution in [0.2, 0.25) is 0 Å². The molecular formula is C21H26FNO2. The molecule has 0 fully saturated rings. The van der Waals surface area contributed by atoms with Crippen LogP contribution in [-0.2, 0) is 4.79 Å². The van der Waals surface area contributed by atoms with Gasteiger partial charge in [-0.3, -0.25) is 4.79 Å². The Morgan fingerprint density at radius 1 is 1.08 bits per heavy atom. The number of halogens is 1. The molecule has 1 amide bonds. The molecule has 2 atom stereocenters. The summed E-state index contributed by atoms with van der Waals surface area (Å²) in [5.74, 6) is 0.00681. The lowest BCUT2D eigenvalue weighted by atomic mass is 9.97. The van der Waals surface area contributed by atoms with E-state index in [-0.39, 0.29) is 17.8 Å². The fourth-order valence-corrected chi connectivity index (χ4v) is 2.88. The summed E-state index contributed by atoms with van der Waals surface area (Å²) >= 11 is 0. The van der Waals surface area contributed by atoms with E-state index in [9.17, 15) is 9.18 Å². The SMILES string of the molecule is CC[C@@H](Oc1ccc(F)cc1)C(=O)N[C@H](CC)c1ccc(C)cc1C. The maximum absolute atomic E-state index is 13.0. The van der Waals surface area contributed by atoms with Crippen molar-refractivity contribution >= 4 is 5.91 Å². The van der Waals surface area contributed by atoms with E-state index in [1.807, 2.05) is 13.8 Å². The number of nitrogens with one attached hydrogen (secondary N) is 1. The van der Waals surface area contributed by atoms with E-state index >= 15 is 0 Å². The summed E-state index contributed by atoms with van der Waals surface area (Å²) in [6, 6.07) is 11.9. The molecule has 0 aliphatic heterocycles. The Kier molecular flexibility index (Phi) is 6.57. The number of benzene rings is 2. The first-order valence-corrected chi connectivity index (χ1v) is 8.74.